The highest BCUT2D eigenvalue weighted by Gasteiger charge is 2.23. The molecule has 1 rings (SSSR count). The first-order chi connectivity index (χ1) is 8.22. The normalized spacial score (nSPS) is 17.4. The van der Waals surface area contributed by atoms with E-state index in [-0.39, 0.29) is 5.92 Å². The molecule has 1 fully saturated rings. The Morgan fingerprint density at radius 1 is 1.24 bits per heavy atom. The van der Waals surface area contributed by atoms with Crippen LogP contribution in [0.25, 0.3) is 0 Å². The van der Waals surface area contributed by atoms with Crippen LogP contribution in [0.2, 0.25) is 0 Å². The van der Waals surface area contributed by atoms with Gasteiger partial charge in [0.15, 0.2) is 0 Å². The molecule has 0 aromatic carbocycles. The first kappa shape index (κ1) is 14.5. The summed E-state index contributed by atoms with van der Waals surface area (Å²) in [4.78, 5) is 14.4. The monoisotopic (exact) mass is 240 g/mol. The van der Waals surface area contributed by atoms with Crippen molar-refractivity contribution in [3.8, 4) is 0 Å². The summed E-state index contributed by atoms with van der Waals surface area (Å²) in [5.74, 6) is 1.31. The molecule has 0 aliphatic carbocycles. The second-order valence-corrected chi connectivity index (χ2v) is 5.08. The van der Waals surface area contributed by atoms with E-state index in [0.29, 0.717) is 11.8 Å². The molecule has 1 N–H and O–H groups in total. The minimum Gasteiger partial charge on any atom is -0.342 e. The summed E-state index contributed by atoms with van der Waals surface area (Å²) < 4.78 is 0. The minimum atomic E-state index is 0.233. The Kier molecular flexibility index (Phi) is 6.56. The van der Waals surface area contributed by atoms with Crippen LogP contribution < -0.4 is 5.32 Å². The topological polar surface area (TPSA) is 32.3 Å². The van der Waals surface area contributed by atoms with Crippen molar-refractivity contribution < 1.29 is 4.79 Å². The van der Waals surface area contributed by atoms with Crippen molar-refractivity contribution in [2.75, 3.05) is 26.2 Å². The zero-order chi connectivity index (χ0) is 12.7. The third-order valence-corrected chi connectivity index (χ3v) is 3.97. The highest BCUT2D eigenvalue weighted by atomic mass is 16.2. The van der Waals surface area contributed by atoms with E-state index in [2.05, 4.69) is 31.0 Å². The summed E-state index contributed by atoms with van der Waals surface area (Å²) in [5.41, 5.74) is 0. The first-order valence-corrected chi connectivity index (χ1v) is 7.22. The lowest BCUT2D eigenvalue weighted by Gasteiger charge is -2.31. The first-order valence-electron chi connectivity index (χ1n) is 7.22. The van der Waals surface area contributed by atoms with Gasteiger partial charge in [-0.3, -0.25) is 4.79 Å². The highest BCUT2D eigenvalue weighted by molar-refractivity contribution is 5.78. The number of hydrogen-bond donors (Lipinski definition) is 1. The summed E-state index contributed by atoms with van der Waals surface area (Å²) in [5, 5.41) is 3.38. The van der Waals surface area contributed by atoms with E-state index in [1.54, 1.807) is 0 Å². The van der Waals surface area contributed by atoms with Crippen LogP contribution in [0.4, 0.5) is 0 Å². The zero-order valence-electron chi connectivity index (χ0n) is 11.7. The quantitative estimate of drug-likeness (QED) is 0.772. The maximum absolute atomic E-state index is 12.3. The van der Waals surface area contributed by atoms with Gasteiger partial charge in [-0.1, -0.05) is 13.8 Å². The predicted octanol–water partition coefficient (Wildman–Crippen LogP) is 2.27. The molecule has 1 aliphatic rings. The molecule has 0 spiro atoms. The van der Waals surface area contributed by atoms with Crippen LogP contribution in [0.1, 0.15) is 46.5 Å². The van der Waals surface area contributed by atoms with Crippen molar-refractivity contribution >= 4 is 5.91 Å². The second-order valence-electron chi connectivity index (χ2n) is 5.08. The van der Waals surface area contributed by atoms with Crippen molar-refractivity contribution in [1.82, 2.24) is 10.2 Å². The molecule has 0 atom stereocenters. The van der Waals surface area contributed by atoms with Gasteiger partial charge in [0.05, 0.1) is 0 Å². The van der Waals surface area contributed by atoms with Gasteiger partial charge in [0.2, 0.25) is 5.91 Å². The molecule has 0 radical (unpaired) electrons. The molecule has 0 aromatic heterocycles. The minimum absolute atomic E-state index is 0.233. The standard InChI is InChI=1S/C14H28N2O/c1-4-13(5-2)14(17)16(6-3)11-12-7-9-15-10-8-12/h12-13,15H,4-11H2,1-3H3. The largest absolute Gasteiger partial charge is 0.342 e. The van der Waals surface area contributed by atoms with Crippen LogP contribution in [-0.4, -0.2) is 37.0 Å². The van der Waals surface area contributed by atoms with E-state index in [9.17, 15) is 4.79 Å². The lowest BCUT2D eigenvalue weighted by Crippen LogP contribution is -2.41. The van der Waals surface area contributed by atoms with Crippen LogP contribution in [0.5, 0.6) is 0 Å². The Labute approximate surface area is 106 Å². The maximum Gasteiger partial charge on any atom is 0.225 e. The van der Waals surface area contributed by atoms with Gasteiger partial charge in [-0.15, -0.1) is 0 Å². The lowest BCUT2D eigenvalue weighted by atomic mass is 9.96. The van der Waals surface area contributed by atoms with E-state index in [0.717, 1.165) is 39.0 Å². The predicted molar refractivity (Wildman–Crippen MR) is 71.9 cm³/mol. The van der Waals surface area contributed by atoms with Gasteiger partial charge in [0.25, 0.3) is 0 Å². The third kappa shape index (κ3) is 4.30. The average molecular weight is 240 g/mol. The molecule has 0 bridgehead atoms. The summed E-state index contributed by atoms with van der Waals surface area (Å²) >= 11 is 0. The van der Waals surface area contributed by atoms with Crippen LogP contribution in [0.3, 0.4) is 0 Å². The van der Waals surface area contributed by atoms with Gasteiger partial charge >= 0.3 is 0 Å². The summed E-state index contributed by atoms with van der Waals surface area (Å²) in [6.07, 6.45) is 4.37. The van der Waals surface area contributed by atoms with Gasteiger partial charge in [-0.2, -0.15) is 0 Å². The second kappa shape index (κ2) is 7.70. The van der Waals surface area contributed by atoms with Crippen molar-refractivity contribution in [2.24, 2.45) is 11.8 Å². The molecule has 1 amide bonds. The summed E-state index contributed by atoms with van der Waals surface area (Å²) in [6, 6.07) is 0. The number of carbonyl (C=O) groups excluding carboxylic acids is 1. The average Bonchev–Trinajstić information content (AvgIpc) is 2.38. The molecular formula is C14H28N2O. The van der Waals surface area contributed by atoms with Gasteiger partial charge in [0, 0.05) is 19.0 Å². The number of rotatable bonds is 6. The zero-order valence-corrected chi connectivity index (χ0v) is 11.7. The van der Waals surface area contributed by atoms with Crippen molar-refractivity contribution in [3.63, 3.8) is 0 Å². The molecule has 0 aromatic rings. The number of piperidine rings is 1. The number of carbonyl (C=O) groups is 1. The van der Waals surface area contributed by atoms with E-state index >= 15 is 0 Å². The fraction of sp³-hybridized carbons (Fsp3) is 0.929. The van der Waals surface area contributed by atoms with E-state index in [1.807, 2.05) is 0 Å². The number of hydrogen-bond acceptors (Lipinski definition) is 2. The molecular weight excluding hydrogens is 212 g/mol. The van der Waals surface area contributed by atoms with Crippen LogP contribution >= 0.6 is 0 Å². The van der Waals surface area contributed by atoms with Crippen LogP contribution in [0, 0.1) is 11.8 Å². The highest BCUT2D eigenvalue weighted by Crippen LogP contribution is 2.17. The molecule has 17 heavy (non-hydrogen) atoms. The molecule has 100 valence electrons. The fourth-order valence-electron chi connectivity index (χ4n) is 2.65. The lowest BCUT2D eigenvalue weighted by molar-refractivity contribution is -0.136. The molecule has 0 unspecified atom stereocenters. The number of nitrogens with one attached hydrogen (secondary N) is 1. The van der Waals surface area contributed by atoms with Gasteiger partial charge in [-0.25, -0.2) is 0 Å². The Bertz CT molecular complexity index is 220. The van der Waals surface area contributed by atoms with Gasteiger partial charge < -0.3 is 10.2 Å². The van der Waals surface area contributed by atoms with E-state index in [4.69, 9.17) is 0 Å². The van der Waals surface area contributed by atoms with Crippen molar-refractivity contribution in [1.29, 1.82) is 0 Å². The van der Waals surface area contributed by atoms with E-state index < -0.39 is 0 Å². The van der Waals surface area contributed by atoms with Crippen molar-refractivity contribution in [2.45, 2.75) is 46.5 Å². The Morgan fingerprint density at radius 3 is 2.29 bits per heavy atom. The molecule has 1 saturated heterocycles. The third-order valence-electron chi connectivity index (χ3n) is 3.97. The van der Waals surface area contributed by atoms with E-state index in [1.165, 1.54) is 12.8 Å². The number of nitrogens with zero attached hydrogens (tertiary/aromatic N) is 1. The molecule has 3 heteroatoms. The smallest absolute Gasteiger partial charge is 0.225 e. The van der Waals surface area contributed by atoms with Crippen LogP contribution in [0.15, 0.2) is 0 Å². The molecule has 1 heterocycles. The summed E-state index contributed by atoms with van der Waals surface area (Å²) in [7, 11) is 0. The van der Waals surface area contributed by atoms with Crippen molar-refractivity contribution in [3.05, 3.63) is 0 Å². The Hall–Kier alpha value is -0.570. The van der Waals surface area contributed by atoms with Gasteiger partial charge in [-0.05, 0) is 51.6 Å². The van der Waals surface area contributed by atoms with Gasteiger partial charge in [0.1, 0.15) is 0 Å². The molecule has 3 nitrogen and oxygen atoms in total. The Balaban J connectivity index is 2.48. The summed E-state index contributed by atoms with van der Waals surface area (Å²) in [6.45, 7) is 10.4. The molecule has 0 saturated carbocycles. The number of amides is 1. The fourth-order valence-corrected chi connectivity index (χ4v) is 2.65. The maximum atomic E-state index is 12.3. The van der Waals surface area contributed by atoms with Crippen LogP contribution in [-0.2, 0) is 4.79 Å². The Morgan fingerprint density at radius 2 is 1.82 bits per heavy atom. The molecule has 1 aliphatic heterocycles. The SMILES string of the molecule is CCC(CC)C(=O)N(CC)CC1CCNCC1.